The number of rotatable bonds is 5. The van der Waals surface area contributed by atoms with Gasteiger partial charge < -0.3 is 15.5 Å². The number of hydrogen-bond acceptors (Lipinski definition) is 2. The minimum Gasteiger partial charge on any atom is -0.333 e. The summed E-state index contributed by atoms with van der Waals surface area (Å²) in [4.78, 5) is 26.9. The maximum absolute atomic E-state index is 12.8. The molecule has 0 saturated carbocycles. The molecule has 0 aromatic heterocycles. The Balaban J connectivity index is 1.44. The second-order valence-corrected chi connectivity index (χ2v) is 7.69. The molecular weight excluding hydrogens is 398 g/mol. The van der Waals surface area contributed by atoms with E-state index in [0.29, 0.717) is 11.6 Å². The van der Waals surface area contributed by atoms with E-state index < -0.39 is 0 Å². The van der Waals surface area contributed by atoms with Crippen molar-refractivity contribution >= 4 is 29.2 Å². The molecule has 1 saturated heterocycles. The lowest BCUT2D eigenvalue weighted by Gasteiger charge is -2.22. The van der Waals surface area contributed by atoms with Gasteiger partial charge in [0, 0.05) is 23.7 Å². The first-order valence-corrected chi connectivity index (χ1v) is 10.2. The Hall–Kier alpha value is -3.31. The van der Waals surface area contributed by atoms with Crippen molar-refractivity contribution in [3.05, 3.63) is 101 Å². The number of halogens is 1. The summed E-state index contributed by atoms with van der Waals surface area (Å²) in [5, 5.41) is 6.63. The molecule has 1 fully saturated rings. The number of anilines is 1. The zero-order chi connectivity index (χ0) is 20.9. The van der Waals surface area contributed by atoms with Crippen LogP contribution in [0.1, 0.15) is 23.6 Å². The van der Waals surface area contributed by atoms with Crippen molar-refractivity contribution in [1.82, 2.24) is 10.6 Å². The zero-order valence-electron chi connectivity index (χ0n) is 16.3. The number of benzene rings is 3. The maximum Gasteiger partial charge on any atom is 0.315 e. The van der Waals surface area contributed by atoms with E-state index >= 15 is 0 Å². The first kappa shape index (κ1) is 20.0. The number of carbonyl (C=O) groups excluding carboxylic acids is 2. The molecule has 1 unspecified atom stereocenters. The fourth-order valence-corrected chi connectivity index (χ4v) is 3.81. The van der Waals surface area contributed by atoms with Crippen LogP contribution in [0.4, 0.5) is 10.5 Å². The van der Waals surface area contributed by atoms with Crippen LogP contribution in [0.2, 0.25) is 5.02 Å². The third-order valence-corrected chi connectivity index (χ3v) is 5.39. The summed E-state index contributed by atoms with van der Waals surface area (Å²) >= 11 is 5.93. The van der Waals surface area contributed by atoms with Gasteiger partial charge in [0.25, 0.3) is 0 Å². The topological polar surface area (TPSA) is 61.4 Å². The molecule has 3 aromatic rings. The summed E-state index contributed by atoms with van der Waals surface area (Å²) in [6.45, 7) is 0.426. The first-order valence-electron chi connectivity index (χ1n) is 9.83. The largest absolute Gasteiger partial charge is 0.333 e. The standard InChI is InChI=1S/C24H22ClN3O2/c25-19-11-13-21(14-12-19)28-16-20(15-22(28)29)26-24(30)27-23(17-7-3-1-4-8-17)18-9-5-2-6-10-18/h1-14,20,23H,15-16H2,(H2,26,27,30). The van der Waals surface area contributed by atoms with E-state index in [9.17, 15) is 9.59 Å². The van der Waals surface area contributed by atoms with Gasteiger partial charge in [0.05, 0.1) is 12.1 Å². The van der Waals surface area contributed by atoms with Crippen molar-refractivity contribution in [3.8, 4) is 0 Å². The zero-order valence-corrected chi connectivity index (χ0v) is 17.0. The number of amides is 3. The summed E-state index contributed by atoms with van der Waals surface area (Å²) in [6, 6.07) is 25.9. The molecule has 1 aliphatic heterocycles. The summed E-state index contributed by atoms with van der Waals surface area (Å²) in [6.07, 6.45) is 0.261. The molecule has 3 aromatic carbocycles. The van der Waals surface area contributed by atoms with Crippen LogP contribution in [0.5, 0.6) is 0 Å². The van der Waals surface area contributed by atoms with E-state index in [4.69, 9.17) is 11.6 Å². The summed E-state index contributed by atoms with van der Waals surface area (Å²) in [7, 11) is 0. The van der Waals surface area contributed by atoms with Crippen LogP contribution in [0.25, 0.3) is 0 Å². The summed E-state index contributed by atoms with van der Waals surface area (Å²) in [5.41, 5.74) is 2.76. The van der Waals surface area contributed by atoms with Crippen LogP contribution >= 0.6 is 11.6 Å². The van der Waals surface area contributed by atoms with Crippen LogP contribution < -0.4 is 15.5 Å². The minimum atomic E-state index is -0.302. The quantitative estimate of drug-likeness (QED) is 0.638. The van der Waals surface area contributed by atoms with Crippen molar-refractivity contribution < 1.29 is 9.59 Å². The van der Waals surface area contributed by atoms with Crippen LogP contribution in [-0.2, 0) is 4.79 Å². The van der Waals surface area contributed by atoms with E-state index in [1.807, 2.05) is 72.8 Å². The molecule has 6 heteroatoms. The highest BCUT2D eigenvalue weighted by Crippen LogP contribution is 2.24. The molecule has 0 bridgehead atoms. The third kappa shape index (κ3) is 4.63. The maximum atomic E-state index is 12.8. The van der Waals surface area contributed by atoms with Gasteiger partial charge in [-0.15, -0.1) is 0 Å². The Bertz CT molecular complexity index is 970. The number of urea groups is 1. The van der Waals surface area contributed by atoms with Gasteiger partial charge in [-0.05, 0) is 35.4 Å². The van der Waals surface area contributed by atoms with Gasteiger partial charge in [0.1, 0.15) is 0 Å². The first-order chi connectivity index (χ1) is 14.6. The summed E-state index contributed by atoms with van der Waals surface area (Å²) < 4.78 is 0. The smallest absolute Gasteiger partial charge is 0.315 e. The van der Waals surface area contributed by atoms with Gasteiger partial charge >= 0.3 is 6.03 Å². The monoisotopic (exact) mass is 419 g/mol. The molecule has 30 heavy (non-hydrogen) atoms. The average Bonchev–Trinajstić information content (AvgIpc) is 3.13. The fourth-order valence-electron chi connectivity index (χ4n) is 3.68. The highest BCUT2D eigenvalue weighted by atomic mass is 35.5. The lowest BCUT2D eigenvalue weighted by atomic mass is 9.99. The lowest BCUT2D eigenvalue weighted by Crippen LogP contribution is -2.44. The number of nitrogens with one attached hydrogen (secondary N) is 2. The Morgan fingerprint density at radius 2 is 1.47 bits per heavy atom. The Kier molecular flexibility index (Phi) is 6.00. The second kappa shape index (κ2) is 9.01. The van der Waals surface area contributed by atoms with E-state index in [2.05, 4.69) is 10.6 Å². The molecule has 2 N–H and O–H groups in total. The molecule has 5 nitrogen and oxygen atoms in total. The van der Waals surface area contributed by atoms with E-state index in [0.717, 1.165) is 16.8 Å². The molecule has 3 amide bonds. The molecule has 0 aliphatic carbocycles. The van der Waals surface area contributed by atoms with Crippen LogP contribution in [0.15, 0.2) is 84.9 Å². The molecule has 0 radical (unpaired) electrons. The highest BCUT2D eigenvalue weighted by molar-refractivity contribution is 6.30. The van der Waals surface area contributed by atoms with Gasteiger partial charge in [-0.2, -0.15) is 0 Å². The number of nitrogens with zero attached hydrogens (tertiary/aromatic N) is 1. The molecular formula is C24H22ClN3O2. The molecule has 1 aliphatic rings. The van der Waals surface area contributed by atoms with Gasteiger partial charge in [0.2, 0.25) is 5.91 Å². The van der Waals surface area contributed by atoms with Crippen molar-refractivity contribution in [3.63, 3.8) is 0 Å². The molecule has 0 spiro atoms. The van der Waals surface area contributed by atoms with Crippen molar-refractivity contribution in [2.75, 3.05) is 11.4 Å². The van der Waals surface area contributed by atoms with Crippen molar-refractivity contribution in [2.45, 2.75) is 18.5 Å². The predicted molar refractivity (Wildman–Crippen MR) is 119 cm³/mol. The van der Waals surface area contributed by atoms with Crippen molar-refractivity contribution in [2.24, 2.45) is 0 Å². The number of hydrogen-bond donors (Lipinski definition) is 2. The lowest BCUT2D eigenvalue weighted by molar-refractivity contribution is -0.117. The highest BCUT2D eigenvalue weighted by Gasteiger charge is 2.32. The van der Waals surface area contributed by atoms with Gasteiger partial charge in [0.15, 0.2) is 0 Å². The fraction of sp³-hybridized carbons (Fsp3) is 0.167. The Morgan fingerprint density at radius 3 is 2.03 bits per heavy atom. The van der Waals surface area contributed by atoms with Gasteiger partial charge in [-0.1, -0.05) is 72.3 Å². The molecule has 1 heterocycles. The van der Waals surface area contributed by atoms with E-state index in [-0.39, 0.29) is 30.4 Å². The third-order valence-electron chi connectivity index (χ3n) is 5.14. The average molecular weight is 420 g/mol. The molecule has 1 atom stereocenters. The number of carbonyl (C=O) groups is 2. The van der Waals surface area contributed by atoms with Crippen LogP contribution in [0, 0.1) is 0 Å². The molecule has 152 valence electrons. The predicted octanol–water partition coefficient (Wildman–Crippen LogP) is 4.53. The normalized spacial score (nSPS) is 16.0. The van der Waals surface area contributed by atoms with Crippen molar-refractivity contribution in [1.29, 1.82) is 0 Å². The molecule has 4 rings (SSSR count). The summed E-state index contributed by atoms with van der Waals surface area (Å²) in [5.74, 6) is -0.0229. The van der Waals surface area contributed by atoms with Gasteiger partial charge in [-0.25, -0.2) is 4.79 Å². The van der Waals surface area contributed by atoms with Crippen LogP contribution in [0.3, 0.4) is 0 Å². The van der Waals surface area contributed by atoms with E-state index in [1.165, 1.54) is 0 Å². The van der Waals surface area contributed by atoms with Crippen LogP contribution in [-0.4, -0.2) is 24.5 Å². The van der Waals surface area contributed by atoms with Gasteiger partial charge in [-0.3, -0.25) is 4.79 Å². The SMILES string of the molecule is O=C(NC1CC(=O)N(c2ccc(Cl)cc2)C1)NC(c1ccccc1)c1ccccc1. The minimum absolute atomic E-state index is 0.0229. The Morgan fingerprint density at radius 1 is 0.900 bits per heavy atom. The second-order valence-electron chi connectivity index (χ2n) is 7.25. The van der Waals surface area contributed by atoms with E-state index in [1.54, 1.807) is 17.0 Å². The Labute approximate surface area is 180 Å².